The van der Waals surface area contributed by atoms with E-state index >= 15 is 0 Å². The molecular weight excluding hydrogens is 644 g/mol. The molecule has 0 aromatic carbocycles. The molecule has 2 saturated heterocycles. The fourth-order valence-corrected chi connectivity index (χ4v) is 6.80. The van der Waals surface area contributed by atoms with E-state index in [4.69, 9.17) is 18.9 Å². The molecular formula is C38H62N2O10. The normalized spacial score (nSPS) is 32.8. The average molecular weight is 707 g/mol. The maximum absolute atomic E-state index is 13.2. The molecule has 10 atom stereocenters. The molecule has 3 aliphatic heterocycles. The highest BCUT2D eigenvalue weighted by Crippen LogP contribution is 2.38. The highest BCUT2D eigenvalue weighted by molar-refractivity contribution is 5.70. The lowest BCUT2D eigenvalue weighted by molar-refractivity contribution is -0.152. The predicted octanol–water partition coefficient (Wildman–Crippen LogP) is 4.31. The molecule has 10 unspecified atom stereocenters. The van der Waals surface area contributed by atoms with Crippen LogP contribution in [0.25, 0.3) is 0 Å². The van der Waals surface area contributed by atoms with Gasteiger partial charge in [0.15, 0.2) is 6.10 Å². The zero-order chi connectivity index (χ0) is 37.4. The van der Waals surface area contributed by atoms with Crippen LogP contribution in [0.3, 0.4) is 0 Å². The molecule has 0 saturated carbocycles. The molecule has 3 N–H and O–H groups in total. The van der Waals surface area contributed by atoms with Crippen LogP contribution in [0.2, 0.25) is 0 Å². The smallest absolute Gasteiger partial charge is 0.410 e. The Morgan fingerprint density at radius 2 is 1.82 bits per heavy atom. The molecule has 0 aromatic heterocycles. The summed E-state index contributed by atoms with van der Waals surface area (Å²) in [6, 6.07) is 0.382. The third-order valence-electron chi connectivity index (χ3n) is 10.2. The number of hydrogen-bond acceptors (Lipinski definition) is 11. The molecule has 0 spiro atoms. The predicted molar refractivity (Wildman–Crippen MR) is 189 cm³/mol. The first-order chi connectivity index (χ1) is 23.3. The SMILES string of the molecule is CCC(OC(C)=O)C(C)C1OC1CC(C)(O)C=CC=C(C)C1OC(=O)CC(O)CCC(C)(O)C(OC(=O)N2CCN(C(C)C)CC2)C=CC1C. The van der Waals surface area contributed by atoms with Crippen LogP contribution in [0.1, 0.15) is 94.4 Å². The first-order valence-electron chi connectivity index (χ1n) is 18.2. The number of rotatable bonds is 11. The van der Waals surface area contributed by atoms with Gasteiger partial charge in [0.05, 0.1) is 30.3 Å². The summed E-state index contributed by atoms with van der Waals surface area (Å²) in [5.41, 5.74) is -1.99. The van der Waals surface area contributed by atoms with E-state index in [9.17, 15) is 29.7 Å². The van der Waals surface area contributed by atoms with Crippen LogP contribution in [0, 0.1) is 11.8 Å². The number of piperazine rings is 1. The Hall–Kier alpha value is -2.77. The van der Waals surface area contributed by atoms with Crippen molar-refractivity contribution < 1.29 is 48.7 Å². The van der Waals surface area contributed by atoms with Crippen molar-refractivity contribution in [1.82, 2.24) is 9.80 Å². The van der Waals surface area contributed by atoms with Gasteiger partial charge >= 0.3 is 18.0 Å². The van der Waals surface area contributed by atoms with Gasteiger partial charge in [0, 0.05) is 57.4 Å². The minimum Gasteiger partial charge on any atom is -0.462 e. The standard InChI is InChI=1S/C38H62N2O10/c1-10-30(47-28(7)41)27(6)35-31(48-35)23-37(8,45)16-11-12-25(4)34-26(5)13-14-32(38(9,46)17-15-29(42)22-33(43)50-34)49-36(44)40-20-18-39(19-21-40)24(2)3/h11-14,16,24,26-27,29-32,34-35,42,45-46H,10,15,17-23H2,1-9H3. The van der Waals surface area contributed by atoms with Crippen molar-refractivity contribution in [3.8, 4) is 0 Å². The van der Waals surface area contributed by atoms with E-state index in [0.29, 0.717) is 37.5 Å². The van der Waals surface area contributed by atoms with E-state index in [1.807, 2.05) is 27.7 Å². The van der Waals surface area contributed by atoms with E-state index < -0.39 is 47.5 Å². The average Bonchev–Trinajstić information content (AvgIpc) is 3.80. The number of carbonyl (C=O) groups excluding carboxylic acids is 3. The van der Waals surface area contributed by atoms with Gasteiger partial charge < -0.3 is 39.2 Å². The number of cyclic esters (lactones) is 1. The monoisotopic (exact) mass is 706 g/mol. The molecule has 3 rings (SSSR count). The van der Waals surface area contributed by atoms with Crippen LogP contribution in [0.4, 0.5) is 4.79 Å². The van der Waals surface area contributed by atoms with Crippen molar-refractivity contribution >= 4 is 18.0 Å². The summed E-state index contributed by atoms with van der Waals surface area (Å²) in [7, 11) is 0. The second-order valence-corrected chi connectivity index (χ2v) is 15.2. The summed E-state index contributed by atoms with van der Waals surface area (Å²) in [5, 5.41) is 33.2. The maximum Gasteiger partial charge on any atom is 0.410 e. The molecule has 284 valence electrons. The van der Waals surface area contributed by atoms with E-state index in [-0.39, 0.29) is 49.5 Å². The number of carbonyl (C=O) groups is 3. The van der Waals surface area contributed by atoms with Crippen molar-refractivity contribution in [1.29, 1.82) is 0 Å². The first kappa shape index (κ1) is 41.6. The summed E-state index contributed by atoms with van der Waals surface area (Å²) in [5.74, 6) is -1.29. The summed E-state index contributed by atoms with van der Waals surface area (Å²) in [6.45, 7) is 19.0. The molecule has 12 heteroatoms. The Kier molecular flexibility index (Phi) is 15.1. The highest BCUT2D eigenvalue weighted by Gasteiger charge is 2.48. The fraction of sp³-hybridized carbons (Fsp3) is 0.763. The number of nitrogens with zero attached hydrogens (tertiary/aromatic N) is 2. The number of aliphatic hydroxyl groups is 3. The Morgan fingerprint density at radius 3 is 2.42 bits per heavy atom. The summed E-state index contributed by atoms with van der Waals surface area (Å²) >= 11 is 0. The maximum atomic E-state index is 13.2. The third-order valence-corrected chi connectivity index (χ3v) is 10.2. The Morgan fingerprint density at radius 1 is 1.16 bits per heavy atom. The van der Waals surface area contributed by atoms with Gasteiger partial charge in [-0.3, -0.25) is 14.5 Å². The van der Waals surface area contributed by atoms with Gasteiger partial charge in [-0.1, -0.05) is 45.1 Å². The molecule has 0 radical (unpaired) electrons. The van der Waals surface area contributed by atoms with E-state index in [1.54, 1.807) is 49.1 Å². The minimum atomic E-state index is -1.50. The van der Waals surface area contributed by atoms with Crippen LogP contribution in [0.5, 0.6) is 0 Å². The largest absolute Gasteiger partial charge is 0.462 e. The highest BCUT2D eigenvalue weighted by atomic mass is 16.6. The quantitative estimate of drug-likeness (QED) is 0.0925. The van der Waals surface area contributed by atoms with Crippen molar-refractivity contribution in [2.75, 3.05) is 26.2 Å². The minimum absolute atomic E-state index is 0.00748. The molecule has 1 amide bonds. The molecule has 0 aliphatic carbocycles. The van der Waals surface area contributed by atoms with Crippen LogP contribution >= 0.6 is 0 Å². The van der Waals surface area contributed by atoms with Crippen LogP contribution in [0.15, 0.2) is 36.0 Å². The number of ether oxygens (including phenoxy) is 4. The summed E-state index contributed by atoms with van der Waals surface area (Å²) in [4.78, 5) is 41.5. The van der Waals surface area contributed by atoms with Gasteiger partial charge in [-0.25, -0.2) is 4.79 Å². The van der Waals surface area contributed by atoms with Crippen LogP contribution < -0.4 is 0 Å². The Labute approximate surface area is 298 Å². The van der Waals surface area contributed by atoms with Gasteiger partial charge in [-0.05, 0) is 65.5 Å². The van der Waals surface area contributed by atoms with Gasteiger partial charge in [0.1, 0.15) is 17.8 Å². The van der Waals surface area contributed by atoms with Crippen LogP contribution in [-0.4, -0.2) is 123 Å². The second kappa shape index (κ2) is 18.1. The zero-order valence-corrected chi connectivity index (χ0v) is 31.5. The topological polar surface area (TPSA) is 159 Å². The van der Waals surface area contributed by atoms with Crippen molar-refractivity contribution in [3.05, 3.63) is 36.0 Å². The van der Waals surface area contributed by atoms with Gasteiger partial charge in [-0.15, -0.1) is 0 Å². The molecule has 3 heterocycles. The van der Waals surface area contributed by atoms with Crippen molar-refractivity contribution in [3.63, 3.8) is 0 Å². The third kappa shape index (κ3) is 12.5. The number of esters is 2. The lowest BCUT2D eigenvalue weighted by Crippen LogP contribution is -2.52. The first-order valence-corrected chi connectivity index (χ1v) is 18.2. The molecule has 3 aliphatic rings. The number of hydrogen-bond donors (Lipinski definition) is 3. The zero-order valence-electron chi connectivity index (χ0n) is 31.5. The van der Waals surface area contributed by atoms with Gasteiger partial charge in [0.2, 0.25) is 0 Å². The van der Waals surface area contributed by atoms with Crippen molar-refractivity contribution in [2.45, 2.75) is 148 Å². The Bertz CT molecular complexity index is 1240. The number of amides is 1. The summed E-state index contributed by atoms with van der Waals surface area (Å²) < 4.78 is 23.1. The van der Waals surface area contributed by atoms with E-state index in [2.05, 4.69) is 18.7 Å². The van der Waals surface area contributed by atoms with Crippen molar-refractivity contribution in [2.24, 2.45) is 11.8 Å². The lowest BCUT2D eigenvalue weighted by atomic mass is 9.88. The summed E-state index contributed by atoms with van der Waals surface area (Å²) in [6.07, 6.45) is 5.74. The molecule has 0 bridgehead atoms. The van der Waals surface area contributed by atoms with Crippen LogP contribution in [-0.2, 0) is 28.5 Å². The number of aliphatic hydroxyl groups excluding tert-OH is 1. The van der Waals surface area contributed by atoms with Gasteiger partial charge in [-0.2, -0.15) is 0 Å². The van der Waals surface area contributed by atoms with E-state index in [1.165, 1.54) is 6.92 Å². The number of allylic oxidation sites excluding steroid dienone is 2. The van der Waals surface area contributed by atoms with E-state index in [0.717, 1.165) is 13.1 Å². The van der Waals surface area contributed by atoms with Gasteiger partial charge in [0.25, 0.3) is 0 Å². The number of epoxide rings is 1. The molecule has 50 heavy (non-hydrogen) atoms. The second-order valence-electron chi connectivity index (χ2n) is 15.2. The molecule has 0 aromatic rings. The fourth-order valence-electron chi connectivity index (χ4n) is 6.80. The lowest BCUT2D eigenvalue weighted by Gasteiger charge is -2.38. The Balaban J connectivity index is 1.72. The molecule has 12 nitrogen and oxygen atoms in total. The molecule has 2 fully saturated rings.